The van der Waals surface area contributed by atoms with Gasteiger partial charge in [0.2, 0.25) is 5.91 Å². The average Bonchev–Trinajstić information content (AvgIpc) is 2.96. The highest BCUT2D eigenvalue weighted by Gasteiger charge is 2.31. The third kappa shape index (κ3) is 5.01. The molecule has 1 unspecified atom stereocenters. The van der Waals surface area contributed by atoms with Crippen molar-refractivity contribution in [3.63, 3.8) is 0 Å². The van der Waals surface area contributed by atoms with Crippen LogP contribution in [0.5, 0.6) is 5.75 Å². The zero-order valence-electron chi connectivity index (χ0n) is 15.9. The fraction of sp³-hybridized carbons (Fsp3) is 0.400. The predicted octanol–water partition coefficient (Wildman–Crippen LogP) is 2.55. The number of rotatable bonds is 8. The molecule has 2 aromatic rings. The second-order valence-corrected chi connectivity index (χ2v) is 7.83. The molecule has 1 aliphatic rings. The lowest BCUT2D eigenvalue weighted by molar-refractivity contribution is -0.118. The molecule has 2 amide bonds. The van der Waals surface area contributed by atoms with Crippen molar-refractivity contribution in [3.8, 4) is 5.75 Å². The molecule has 1 aromatic carbocycles. The summed E-state index contributed by atoms with van der Waals surface area (Å²) < 4.78 is 5.74. The first-order valence-electron chi connectivity index (χ1n) is 9.28. The summed E-state index contributed by atoms with van der Waals surface area (Å²) in [6.45, 7) is 4.26. The van der Waals surface area contributed by atoms with Gasteiger partial charge in [0.25, 0.3) is 10.8 Å². The molecule has 2 N–H and O–H groups in total. The maximum Gasteiger partial charge on any atom is 0.286 e. The van der Waals surface area contributed by atoms with Crippen LogP contribution in [-0.2, 0) is 24.1 Å². The largest absolute Gasteiger partial charge is 0.493 e. The number of imide groups is 1. The number of thioether (sulfide) groups is 1. The molecule has 0 spiro atoms. The number of nitrogens with zero attached hydrogens (tertiary/aromatic N) is 1. The number of benzene rings is 1. The summed E-state index contributed by atoms with van der Waals surface area (Å²) >= 11 is 1.02. The van der Waals surface area contributed by atoms with Gasteiger partial charge in [-0.2, -0.15) is 0 Å². The van der Waals surface area contributed by atoms with Crippen LogP contribution < -0.4 is 15.6 Å². The highest BCUT2D eigenvalue weighted by molar-refractivity contribution is 8.15. The second kappa shape index (κ2) is 9.05. The van der Waals surface area contributed by atoms with E-state index < -0.39 is 0 Å². The van der Waals surface area contributed by atoms with E-state index in [0.29, 0.717) is 30.8 Å². The van der Waals surface area contributed by atoms with Crippen molar-refractivity contribution in [1.29, 1.82) is 0 Å². The Bertz CT molecular complexity index is 924. The molecule has 8 heteroatoms. The van der Waals surface area contributed by atoms with Crippen molar-refractivity contribution in [1.82, 2.24) is 15.3 Å². The molecule has 1 fully saturated rings. The summed E-state index contributed by atoms with van der Waals surface area (Å²) in [5.74, 6) is 1.17. The number of ether oxygens (including phenoxy) is 1. The standard InChI is InChI=1S/C20H23N3O4S/c1-3-4-17-21-12(2)15(18(24)22-17)9-10-27-14-7-5-13(6-8-14)11-16-19(25)23-20(26)28-16/h5-8,16H,3-4,9-11H2,1-2H3,(H,21,22,24)(H,23,25,26). The number of carbonyl (C=O) groups is 2. The summed E-state index contributed by atoms with van der Waals surface area (Å²) in [7, 11) is 0. The molecular formula is C20H23N3O4S. The summed E-state index contributed by atoms with van der Waals surface area (Å²) in [4.78, 5) is 42.4. The van der Waals surface area contributed by atoms with Crippen LogP contribution in [0.4, 0.5) is 4.79 Å². The zero-order chi connectivity index (χ0) is 20.1. The third-order valence-electron chi connectivity index (χ3n) is 4.49. The molecule has 7 nitrogen and oxygen atoms in total. The third-order valence-corrected chi connectivity index (χ3v) is 5.47. The Labute approximate surface area is 167 Å². The van der Waals surface area contributed by atoms with Crippen LogP contribution in [0.3, 0.4) is 0 Å². The highest BCUT2D eigenvalue weighted by Crippen LogP contribution is 2.23. The number of aryl methyl sites for hydroxylation is 2. The number of hydrogen-bond acceptors (Lipinski definition) is 6. The van der Waals surface area contributed by atoms with Gasteiger partial charge in [-0.3, -0.25) is 19.7 Å². The van der Waals surface area contributed by atoms with Gasteiger partial charge in [0, 0.05) is 24.1 Å². The molecule has 1 aliphatic heterocycles. The van der Waals surface area contributed by atoms with E-state index in [9.17, 15) is 14.4 Å². The van der Waals surface area contributed by atoms with Gasteiger partial charge < -0.3 is 9.72 Å². The molecular weight excluding hydrogens is 378 g/mol. The second-order valence-electron chi connectivity index (χ2n) is 6.66. The van der Waals surface area contributed by atoms with Crippen LogP contribution in [0.2, 0.25) is 0 Å². The summed E-state index contributed by atoms with van der Waals surface area (Å²) in [6.07, 6.45) is 2.66. The van der Waals surface area contributed by atoms with Crippen molar-refractivity contribution >= 4 is 22.9 Å². The minimum atomic E-state index is -0.378. The fourth-order valence-electron chi connectivity index (χ4n) is 3.05. The zero-order valence-corrected chi connectivity index (χ0v) is 16.7. The Balaban J connectivity index is 1.54. The molecule has 0 aliphatic carbocycles. The number of nitrogens with one attached hydrogen (secondary N) is 2. The average molecular weight is 401 g/mol. The van der Waals surface area contributed by atoms with Crippen LogP contribution in [0.15, 0.2) is 29.1 Å². The van der Waals surface area contributed by atoms with E-state index in [2.05, 4.69) is 15.3 Å². The van der Waals surface area contributed by atoms with Gasteiger partial charge in [-0.15, -0.1) is 0 Å². The quantitative estimate of drug-likeness (QED) is 0.705. The molecule has 1 atom stereocenters. The molecule has 1 saturated heterocycles. The number of carbonyl (C=O) groups excluding carboxylic acids is 2. The number of hydrogen-bond donors (Lipinski definition) is 2. The van der Waals surface area contributed by atoms with Gasteiger partial charge in [0.05, 0.1) is 11.9 Å². The molecule has 148 valence electrons. The monoisotopic (exact) mass is 401 g/mol. The maximum absolute atomic E-state index is 12.2. The van der Waals surface area contributed by atoms with Crippen LogP contribution in [-0.4, -0.2) is 33.0 Å². The number of H-pyrrole nitrogens is 1. The first-order chi connectivity index (χ1) is 13.5. The van der Waals surface area contributed by atoms with E-state index in [-0.39, 0.29) is 22.0 Å². The maximum atomic E-state index is 12.2. The summed E-state index contributed by atoms with van der Waals surface area (Å²) in [5, 5.41) is 1.62. The number of aromatic amines is 1. The molecule has 0 saturated carbocycles. The van der Waals surface area contributed by atoms with E-state index in [1.54, 1.807) is 0 Å². The Morgan fingerprint density at radius 3 is 2.50 bits per heavy atom. The van der Waals surface area contributed by atoms with E-state index >= 15 is 0 Å². The van der Waals surface area contributed by atoms with Crippen molar-refractivity contribution in [2.45, 2.75) is 44.8 Å². The van der Waals surface area contributed by atoms with Crippen molar-refractivity contribution in [2.24, 2.45) is 0 Å². The number of aromatic nitrogens is 2. The van der Waals surface area contributed by atoms with Gasteiger partial charge in [0.15, 0.2) is 0 Å². The summed E-state index contributed by atoms with van der Waals surface area (Å²) in [6, 6.07) is 7.42. The van der Waals surface area contributed by atoms with Crippen molar-refractivity contribution in [2.75, 3.05) is 6.61 Å². The first-order valence-corrected chi connectivity index (χ1v) is 10.2. The van der Waals surface area contributed by atoms with Gasteiger partial charge in [-0.05, 0) is 37.5 Å². The van der Waals surface area contributed by atoms with Gasteiger partial charge in [-0.1, -0.05) is 30.8 Å². The predicted molar refractivity (Wildman–Crippen MR) is 108 cm³/mol. The van der Waals surface area contributed by atoms with E-state index in [1.165, 1.54) is 0 Å². The normalized spacial score (nSPS) is 16.3. The SMILES string of the molecule is CCCc1nc(C)c(CCOc2ccc(CC3SC(=O)NC3=O)cc2)c(=O)[nH]1. The van der Waals surface area contributed by atoms with E-state index in [4.69, 9.17) is 4.74 Å². The molecule has 0 bridgehead atoms. The van der Waals surface area contributed by atoms with Crippen LogP contribution in [0.25, 0.3) is 0 Å². The minimum absolute atomic E-state index is 0.100. The van der Waals surface area contributed by atoms with Gasteiger partial charge >= 0.3 is 0 Å². The molecule has 1 aromatic heterocycles. The Morgan fingerprint density at radius 2 is 1.89 bits per heavy atom. The minimum Gasteiger partial charge on any atom is -0.493 e. The van der Waals surface area contributed by atoms with E-state index in [0.717, 1.165) is 41.7 Å². The Morgan fingerprint density at radius 1 is 1.14 bits per heavy atom. The topological polar surface area (TPSA) is 101 Å². The van der Waals surface area contributed by atoms with Gasteiger partial charge in [0.1, 0.15) is 11.6 Å². The van der Waals surface area contributed by atoms with Crippen LogP contribution in [0.1, 0.15) is 36.0 Å². The highest BCUT2D eigenvalue weighted by atomic mass is 32.2. The smallest absolute Gasteiger partial charge is 0.286 e. The van der Waals surface area contributed by atoms with Crippen molar-refractivity contribution in [3.05, 3.63) is 57.3 Å². The number of amides is 2. The molecule has 2 heterocycles. The molecule has 28 heavy (non-hydrogen) atoms. The Kier molecular flexibility index (Phi) is 6.51. The van der Waals surface area contributed by atoms with E-state index in [1.807, 2.05) is 38.1 Å². The van der Waals surface area contributed by atoms with Crippen molar-refractivity contribution < 1.29 is 14.3 Å². The Hall–Kier alpha value is -2.61. The lowest BCUT2D eigenvalue weighted by atomic mass is 10.1. The molecule has 3 rings (SSSR count). The van der Waals surface area contributed by atoms with Gasteiger partial charge in [-0.25, -0.2) is 4.98 Å². The lowest BCUT2D eigenvalue weighted by Crippen LogP contribution is -2.25. The first kappa shape index (κ1) is 20.1. The summed E-state index contributed by atoms with van der Waals surface area (Å²) in [5.41, 5.74) is 2.24. The fourth-order valence-corrected chi connectivity index (χ4v) is 3.91. The molecule has 0 radical (unpaired) electrons. The van der Waals surface area contributed by atoms with Crippen LogP contribution in [0, 0.1) is 6.92 Å². The lowest BCUT2D eigenvalue weighted by Gasteiger charge is -2.10. The van der Waals surface area contributed by atoms with Crippen LogP contribution >= 0.6 is 11.8 Å².